The van der Waals surface area contributed by atoms with Crippen LogP contribution in [0.1, 0.15) is 39.0 Å². The Hall–Kier alpha value is -0.860. The maximum atomic E-state index is 11.5. The van der Waals surface area contributed by atoms with Gasteiger partial charge in [0.15, 0.2) is 0 Å². The number of imide groups is 1. The molecule has 0 aromatic heterocycles. The zero-order valence-corrected chi connectivity index (χ0v) is 8.58. The lowest BCUT2D eigenvalue weighted by molar-refractivity contribution is -0.126. The van der Waals surface area contributed by atoms with E-state index in [0.29, 0.717) is 18.3 Å². The second-order valence-corrected chi connectivity index (χ2v) is 4.49. The normalized spacial score (nSPS) is 37.6. The van der Waals surface area contributed by atoms with E-state index in [1.54, 1.807) is 0 Å². The molecule has 0 aromatic rings. The van der Waals surface area contributed by atoms with E-state index < -0.39 is 0 Å². The summed E-state index contributed by atoms with van der Waals surface area (Å²) in [5, 5.41) is 2.41. The first-order chi connectivity index (χ1) is 6.72. The monoisotopic (exact) mass is 195 g/mol. The first-order valence-electron chi connectivity index (χ1n) is 5.56. The lowest BCUT2D eigenvalue weighted by Crippen LogP contribution is -2.27. The van der Waals surface area contributed by atoms with Crippen LogP contribution >= 0.6 is 0 Å². The van der Waals surface area contributed by atoms with Gasteiger partial charge in [-0.25, -0.2) is 0 Å². The molecule has 3 atom stereocenters. The summed E-state index contributed by atoms with van der Waals surface area (Å²) in [7, 11) is 0. The molecule has 0 bridgehead atoms. The molecule has 2 amide bonds. The fourth-order valence-electron chi connectivity index (χ4n) is 3.02. The van der Waals surface area contributed by atoms with Gasteiger partial charge in [0, 0.05) is 6.42 Å². The van der Waals surface area contributed by atoms with Crippen molar-refractivity contribution in [3.63, 3.8) is 0 Å². The summed E-state index contributed by atoms with van der Waals surface area (Å²) < 4.78 is 0. The van der Waals surface area contributed by atoms with Crippen LogP contribution in [0, 0.1) is 17.8 Å². The smallest absolute Gasteiger partial charge is 0.230 e. The number of hydrogen-bond donors (Lipinski definition) is 1. The molecule has 1 aliphatic carbocycles. The Morgan fingerprint density at radius 2 is 2.14 bits per heavy atom. The highest BCUT2D eigenvalue weighted by Crippen LogP contribution is 2.41. The molecular formula is C11H17NO2. The van der Waals surface area contributed by atoms with Crippen molar-refractivity contribution in [2.24, 2.45) is 17.8 Å². The third kappa shape index (κ3) is 1.56. The van der Waals surface area contributed by atoms with Crippen molar-refractivity contribution in [3.05, 3.63) is 0 Å². The second kappa shape index (κ2) is 3.71. The molecule has 0 radical (unpaired) electrons. The van der Waals surface area contributed by atoms with Crippen molar-refractivity contribution in [2.75, 3.05) is 0 Å². The van der Waals surface area contributed by atoms with E-state index in [1.165, 1.54) is 12.8 Å². The van der Waals surface area contributed by atoms with Gasteiger partial charge < -0.3 is 0 Å². The fraction of sp³-hybridized carbons (Fsp3) is 0.818. The number of carbonyl (C=O) groups excluding carboxylic acids is 2. The van der Waals surface area contributed by atoms with Crippen molar-refractivity contribution in [2.45, 2.75) is 39.0 Å². The van der Waals surface area contributed by atoms with Crippen molar-refractivity contribution < 1.29 is 9.59 Å². The molecule has 1 aliphatic heterocycles. The molecule has 3 nitrogen and oxygen atoms in total. The third-order valence-electron chi connectivity index (χ3n) is 3.76. The van der Waals surface area contributed by atoms with Gasteiger partial charge in [-0.1, -0.05) is 26.2 Å². The summed E-state index contributed by atoms with van der Waals surface area (Å²) in [5.74, 6) is 1.00. The number of carbonyl (C=O) groups is 2. The molecule has 14 heavy (non-hydrogen) atoms. The molecule has 1 saturated heterocycles. The minimum atomic E-state index is -0.0817. The molecular weight excluding hydrogens is 178 g/mol. The summed E-state index contributed by atoms with van der Waals surface area (Å²) in [4.78, 5) is 22.6. The molecule has 3 heteroatoms. The summed E-state index contributed by atoms with van der Waals surface area (Å²) in [6.07, 6.45) is 5.16. The third-order valence-corrected chi connectivity index (χ3v) is 3.76. The van der Waals surface area contributed by atoms with Crippen LogP contribution in [0.4, 0.5) is 0 Å². The Morgan fingerprint density at radius 3 is 2.71 bits per heavy atom. The van der Waals surface area contributed by atoms with Crippen LogP contribution < -0.4 is 5.32 Å². The van der Waals surface area contributed by atoms with E-state index >= 15 is 0 Å². The van der Waals surface area contributed by atoms with E-state index in [4.69, 9.17) is 0 Å². The second-order valence-electron chi connectivity index (χ2n) is 4.49. The van der Waals surface area contributed by atoms with Gasteiger partial charge in [-0.3, -0.25) is 14.9 Å². The van der Waals surface area contributed by atoms with E-state index in [0.717, 1.165) is 12.8 Å². The van der Waals surface area contributed by atoms with Crippen molar-refractivity contribution in [1.82, 2.24) is 5.32 Å². The average molecular weight is 195 g/mol. The van der Waals surface area contributed by atoms with Crippen LogP contribution in [-0.4, -0.2) is 11.8 Å². The highest BCUT2D eigenvalue weighted by atomic mass is 16.2. The van der Waals surface area contributed by atoms with Gasteiger partial charge in [-0.2, -0.15) is 0 Å². The van der Waals surface area contributed by atoms with Gasteiger partial charge in [-0.05, 0) is 18.3 Å². The molecule has 0 aromatic carbocycles. The Bertz CT molecular complexity index is 262. The molecule has 3 unspecified atom stereocenters. The van der Waals surface area contributed by atoms with Gasteiger partial charge in [-0.15, -0.1) is 0 Å². The van der Waals surface area contributed by atoms with Gasteiger partial charge in [0.2, 0.25) is 11.8 Å². The fourth-order valence-corrected chi connectivity index (χ4v) is 3.02. The highest BCUT2D eigenvalue weighted by molar-refractivity contribution is 6.03. The molecule has 2 fully saturated rings. The average Bonchev–Trinajstić information content (AvgIpc) is 2.71. The van der Waals surface area contributed by atoms with E-state index in [-0.39, 0.29) is 17.7 Å². The molecule has 1 N–H and O–H groups in total. The molecule has 1 heterocycles. The SMILES string of the molecule is CCC1CCCC1C1CC(=O)NC1=O. The van der Waals surface area contributed by atoms with Gasteiger partial charge >= 0.3 is 0 Å². The number of amides is 2. The summed E-state index contributed by atoms with van der Waals surface area (Å²) in [6, 6.07) is 0. The maximum absolute atomic E-state index is 11.5. The molecule has 0 spiro atoms. The quantitative estimate of drug-likeness (QED) is 0.678. The van der Waals surface area contributed by atoms with Crippen LogP contribution in [0.25, 0.3) is 0 Å². The van der Waals surface area contributed by atoms with Gasteiger partial charge in [0.25, 0.3) is 0 Å². The minimum Gasteiger partial charge on any atom is -0.296 e. The van der Waals surface area contributed by atoms with Crippen LogP contribution in [0.15, 0.2) is 0 Å². The van der Waals surface area contributed by atoms with Crippen molar-refractivity contribution in [3.8, 4) is 0 Å². The topological polar surface area (TPSA) is 46.2 Å². The maximum Gasteiger partial charge on any atom is 0.230 e. The Balaban J connectivity index is 2.07. The standard InChI is InChI=1S/C11H17NO2/c1-2-7-4-3-5-8(7)9-6-10(13)12-11(9)14/h7-9H,2-6H2,1H3,(H,12,13,14). The lowest BCUT2D eigenvalue weighted by Gasteiger charge is -2.21. The van der Waals surface area contributed by atoms with Crippen LogP contribution in [0.5, 0.6) is 0 Å². The predicted molar refractivity (Wildman–Crippen MR) is 52.4 cm³/mol. The van der Waals surface area contributed by atoms with Crippen LogP contribution in [0.2, 0.25) is 0 Å². The number of rotatable bonds is 2. The summed E-state index contributed by atoms with van der Waals surface area (Å²) in [5.41, 5.74) is 0. The molecule has 2 rings (SSSR count). The Labute approximate surface area is 84.2 Å². The summed E-state index contributed by atoms with van der Waals surface area (Å²) in [6.45, 7) is 2.18. The van der Waals surface area contributed by atoms with E-state index in [2.05, 4.69) is 12.2 Å². The zero-order valence-electron chi connectivity index (χ0n) is 8.58. The minimum absolute atomic E-state index is 0.0186. The molecule has 2 aliphatic rings. The highest BCUT2D eigenvalue weighted by Gasteiger charge is 2.41. The predicted octanol–water partition coefficient (Wildman–Crippen LogP) is 1.48. The van der Waals surface area contributed by atoms with Crippen molar-refractivity contribution in [1.29, 1.82) is 0 Å². The molecule has 78 valence electrons. The first-order valence-corrected chi connectivity index (χ1v) is 5.56. The van der Waals surface area contributed by atoms with Gasteiger partial charge in [0.1, 0.15) is 0 Å². The van der Waals surface area contributed by atoms with Crippen LogP contribution in [-0.2, 0) is 9.59 Å². The molecule has 1 saturated carbocycles. The van der Waals surface area contributed by atoms with Crippen LogP contribution in [0.3, 0.4) is 0 Å². The summed E-state index contributed by atoms with van der Waals surface area (Å²) >= 11 is 0. The number of nitrogens with one attached hydrogen (secondary N) is 1. The lowest BCUT2D eigenvalue weighted by atomic mass is 9.81. The van der Waals surface area contributed by atoms with Gasteiger partial charge in [0.05, 0.1) is 5.92 Å². The number of hydrogen-bond acceptors (Lipinski definition) is 2. The Morgan fingerprint density at radius 1 is 1.36 bits per heavy atom. The first kappa shape index (κ1) is 9.69. The van der Waals surface area contributed by atoms with Crippen molar-refractivity contribution >= 4 is 11.8 Å². The van der Waals surface area contributed by atoms with E-state index in [9.17, 15) is 9.59 Å². The van der Waals surface area contributed by atoms with E-state index in [1.807, 2.05) is 0 Å². The zero-order chi connectivity index (χ0) is 10.1. The Kier molecular flexibility index (Phi) is 2.57. The largest absolute Gasteiger partial charge is 0.296 e.